The Morgan fingerprint density at radius 1 is 0.441 bits per heavy atom. The van der Waals surface area contributed by atoms with Crippen LogP contribution in [0.25, 0.3) is 0 Å². The molecule has 0 aromatic rings. The zero-order valence-electron chi connectivity index (χ0n) is 23.3. The van der Waals surface area contributed by atoms with Gasteiger partial charge >= 0.3 is 0 Å². The lowest BCUT2D eigenvalue weighted by atomic mass is 10.0. The van der Waals surface area contributed by atoms with E-state index in [1.165, 1.54) is 141 Å². The van der Waals surface area contributed by atoms with Crippen LogP contribution in [-0.2, 0) is 0 Å². The van der Waals surface area contributed by atoms with Gasteiger partial charge in [-0.15, -0.1) is 0 Å². The van der Waals surface area contributed by atoms with Gasteiger partial charge in [-0.3, -0.25) is 0 Å². The molecule has 0 radical (unpaired) electrons. The van der Waals surface area contributed by atoms with Gasteiger partial charge in [0.2, 0.25) is 0 Å². The predicted octanol–water partition coefficient (Wildman–Crippen LogP) is 11.7. The van der Waals surface area contributed by atoms with Crippen molar-refractivity contribution < 1.29 is 0 Å². The monoisotopic (exact) mass is 472 g/mol. The van der Waals surface area contributed by atoms with Gasteiger partial charge in [0.15, 0.2) is 0 Å². The minimum Gasteiger partial charge on any atom is -0.190 e. The van der Waals surface area contributed by atoms with E-state index in [1.807, 2.05) is 0 Å². The molecule has 34 heavy (non-hydrogen) atoms. The molecule has 2 heteroatoms. The van der Waals surface area contributed by atoms with Crippen LogP contribution in [0.3, 0.4) is 0 Å². The highest BCUT2D eigenvalue weighted by atomic mass is 15.1. The molecule has 2 unspecified atom stereocenters. The van der Waals surface area contributed by atoms with Gasteiger partial charge in [0.25, 0.3) is 0 Å². The van der Waals surface area contributed by atoms with Gasteiger partial charge in [-0.05, 0) is 38.5 Å². The van der Waals surface area contributed by atoms with Crippen LogP contribution in [0.15, 0.2) is 34.5 Å². The fourth-order valence-corrected chi connectivity index (χ4v) is 4.95. The van der Waals surface area contributed by atoms with E-state index in [0.29, 0.717) is 12.1 Å². The zero-order valence-corrected chi connectivity index (χ0v) is 23.3. The fourth-order valence-electron chi connectivity index (χ4n) is 4.95. The highest BCUT2D eigenvalue weighted by molar-refractivity contribution is 4.92. The normalized spacial score (nSPS) is 19.2. The number of unbranched alkanes of at least 4 members (excludes halogenated alkanes) is 16. The van der Waals surface area contributed by atoms with Gasteiger partial charge in [-0.25, -0.2) is 0 Å². The third-order valence-electron chi connectivity index (χ3n) is 7.32. The molecule has 0 saturated heterocycles. The van der Waals surface area contributed by atoms with Crippen LogP contribution in [0.4, 0.5) is 0 Å². The number of hydrogen-bond donors (Lipinski definition) is 0. The summed E-state index contributed by atoms with van der Waals surface area (Å²) >= 11 is 0. The van der Waals surface area contributed by atoms with Crippen LogP contribution in [0, 0.1) is 0 Å². The molecule has 0 fully saturated rings. The molecule has 0 aliphatic carbocycles. The summed E-state index contributed by atoms with van der Waals surface area (Å²) in [5.74, 6) is 0. The number of nitrogens with zero attached hydrogens (tertiary/aromatic N) is 2. The van der Waals surface area contributed by atoms with Crippen molar-refractivity contribution in [3.8, 4) is 0 Å². The first-order valence-corrected chi connectivity index (χ1v) is 15.6. The van der Waals surface area contributed by atoms with E-state index in [2.05, 4.69) is 38.2 Å². The molecule has 0 saturated carbocycles. The molecule has 2 atom stereocenters. The molecule has 1 aliphatic rings. The molecule has 0 bridgehead atoms. The van der Waals surface area contributed by atoms with Crippen LogP contribution in [0.1, 0.15) is 168 Å². The average molecular weight is 473 g/mol. The molecule has 0 aromatic heterocycles. The summed E-state index contributed by atoms with van der Waals surface area (Å²) in [6.07, 6.45) is 41.5. The summed E-state index contributed by atoms with van der Waals surface area (Å²) in [4.78, 5) is 0. The van der Waals surface area contributed by atoms with Crippen molar-refractivity contribution in [2.24, 2.45) is 10.2 Å². The molecule has 2 nitrogen and oxygen atoms in total. The van der Waals surface area contributed by atoms with Crippen molar-refractivity contribution in [1.29, 1.82) is 0 Å². The van der Waals surface area contributed by atoms with E-state index in [9.17, 15) is 0 Å². The quantitative estimate of drug-likeness (QED) is 0.124. The first-order valence-electron chi connectivity index (χ1n) is 15.6. The lowest BCUT2D eigenvalue weighted by molar-refractivity contribution is 0.480. The molecule has 1 rings (SSSR count). The standard InChI is InChI=1S/C32H60N2/c1-3-5-7-9-11-13-15-19-23-27-31-29-25-21-17-18-22-26-30-32(34-33-31)28-24-20-16-14-12-10-8-6-4-2/h21-22,25-26,31-32H,3-20,23-24,27-30H2,1-2H3. The molecule has 1 heterocycles. The maximum Gasteiger partial charge on any atom is 0.0742 e. The van der Waals surface area contributed by atoms with Crippen molar-refractivity contribution in [1.82, 2.24) is 0 Å². The van der Waals surface area contributed by atoms with E-state index in [4.69, 9.17) is 10.2 Å². The maximum absolute atomic E-state index is 4.90. The van der Waals surface area contributed by atoms with E-state index in [0.717, 1.165) is 12.8 Å². The van der Waals surface area contributed by atoms with Gasteiger partial charge in [0.05, 0.1) is 12.1 Å². The van der Waals surface area contributed by atoms with E-state index >= 15 is 0 Å². The summed E-state index contributed by atoms with van der Waals surface area (Å²) in [6.45, 7) is 4.59. The number of hydrogen-bond acceptors (Lipinski definition) is 2. The van der Waals surface area contributed by atoms with Crippen molar-refractivity contribution in [3.63, 3.8) is 0 Å². The first kappa shape index (κ1) is 31.1. The highest BCUT2D eigenvalue weighted by Crippen LogP contribution is 2.19. The summed E-state index contributed by atoms with van der Waals surface area (Å²) in [5.41, 5.74) is 0. The molecular weight excluding hydrogens is 412 g/mol. The summed E-state index contributed by atoms with van der Waals surface area (Å²) < 4.78 is 0. The molecular formula is C32H60N2. The second-order valence-electron chi connectivity index (χ2n) is 10.8. The maximum atomic E-state index is 4.90. The van der Waals surface area contributed by atoms with Crippen molar-refractivity contribution >= 4 is 0 Å². The molecule has 198 valence electrons. The Labute approximate surface area is 214 Å². The number of azo groups is 1. The second-order valence-corrected chi connectivity index (χ2v) is 10.8. The first-order chi connectivity index (χ1) is 16.9. The topological polar surface area (TPSA) is 24.7 Å². The van der Waals surface area contributed by atoms with Crippen molar-refractivity contribution in [3.05, 3.63) is 24.3 Å². The van der Waals surface area contributed by atoms with Crippen LogP contribution >= 0.6 is 0 Å². The van der Waals surface area contributed by atoms with Gasteiger partial charge < -0.3 is 0 Å². The summed E-state index contributed by atoms with van der Waals surface area (Å²) in [5, 5.41) is 9.81. The molecule has 0 spiro atoms. The van der Waals surface area contributed by atoms with Gasteiger partial charge in [0, 0.05) is 0 Å². The van der Waals surface area contributed by atoms with Crippen molar-refractivity contribution in [2.75, 3.05) is 0 Å². The average Bonchev–Trinajstić information content (AvgIpc) is 2.84. The minimum absolute atomic E-state index is 0.398. The highest BCUT2D eigenvalue weighted by Gasteiger charge is 2.10. The van der Waals surface area contributed by atoms with Gasteiger partial charge in [-0.2, -0.15) is 10.2 Å². The Balaban J connectivity index is 2.29. The Hall–Kier alpha value is -0.920. The fraction of sp³-hybridized carbons (Fsp3) is 0.875. The second kappa shape index (κ2) is 25.2. The van der Waals surface area contributed by atoms with Gasteiger partial charge in [0.1, 0.15) is 0 Å². The zero-order chi connectivity index (χ0) is 24.4. The van der Waals surface area contributed by atoms with Crippen LogP contribution < -0.4 is 0 Å². The predicted molar refractivity (Wildman–Crippen MR) is 153 cm³/mol. The van der Waals surface area contributed by atoms with Gasteiger partial charge in [-0.1, -0.05) is 154 Å². The minimum atomic E-state index is 0.398. The van der Waals surface area contributed by atoms with Crippen molar-refractivity contribution in [2.45, 2.75) is 180 Å². The Morgan fingerprint density at radius 2 is 0.765 bits per heavy atom. The van der Waals surface area contributed by atoms with Crippen LogP contribution in [-0.4, -0.2) is 12.1 Å². The third kappa shape index (κ3) is 20.5. The SMILES string of the molecule is CCCCCCCCCCCC1CC=CCCC=CCC(CCCCCCCCCCC)N=N1. The summed E-state index contributed by atoms with van der Waals surface area (Å²) in [7, 11) is 0. The van der Waals surface area contributed by atoms with E-state index in [1.54, 1.807) is 0 Å². The molecule has 1 aliphatic heterocycles. The Bertz CT molecular complexity index is 449. The molecule has 0 amide bonds. The Kier molecular flexibility index (Phi) is 23.0. The number of allylic oxidation sites excluding steroid dienone is 2. The van der Waals surface area contributed by atoms with E-state index < -0.39 is 0 Å². The Morgan fingerprint density at radius 3 is 1.12 bits per heavy atom. The molecule has 0 N–H and O–H groups in total. The van der Waals surface area contributed by atoms with Crippen LogP contribution in [0.5, 0.6) is 0 Å². The third-order valence-corrected chi connectivity index (χ3v) is 7.32. The van der Waals surface area contributed by atoms with E-state index in [-0.39, 0.29) is 0 Å². The summed E-state index contributed by atoms with van der Waals surface area (Å²) in [6, 6.07) is 0.796. The molecule has 0 aromatic carbocycles. The smallest absolute Gasteiger partial charge is 0.0742 e. The largest absolute Gasteiger partial charge is 0.190 e. The lowest BCUT2D eigenvalue weighted by Gasteiger charge is -2.13. The van der Waals surface area contributed by atoms with Crippen LogP contribution in [0.2, 0.25) is 0 Å². The number of rotatable bonds is 20. The lowest BCUT2D eigenvalue weighted by Crippen LogP contribution is -2.07.